The van der Waals surface area contributed by atoms with Gasteiger partial charge in [-0.25, -0.2) is 14.6 Å². The van der Waals surface area contributed by atoms with Crippen LogP contribution in [0, 0.1) is 6.92 Å². The Labute approximate surface area is 230 Å². The van der Waals surface area contributed by atoms with E-state index in [4.69, 9.17) is 4.74 Å². The van der Waals surface area contributed by atoms with Crippen LogP contribution in [0.1, 0.15) is 28.8 Å². The van der Waals surface area contributed by atoms with E-state index < -0.39 is 23.9 Å². The fourth-order valence-electron chi connectivity index (χ4n) is 3.72. The van der Waals surface area contributed by atoms with Crippen molar-refractivity contribution in [2.45, 2.75) is 39.3 Å². The van der Waals surface area contributed by atoms with E-state index in [1.165, 1.54) is 25.4 Å². The van der Waals surface area contributed by atoms with E-state index >= 15 is 0 Å². The second kappa shape index (κ2) is 14.0. The van der Waals surface area contributed by atoms with Gasteiger partial charge in [0.15, 0.2) is 5.78 Å². The number of para-hydroxylation sites is 1. The summed E-state index contributed by atoms with van der Waals surface area (Å²) >= 11 is 1.34. The number of carboxylic acid groups (broad SMARTS) is 1. The summed E-state index contributed by atoms with van der Waals surface area (Å²) in [6.45, 7) is 3.62. The van der Waals surface area contributed by atoms with Gasteiger partial charge in [0, 0.05) is 37.4 Å². The number of nitrogens with zero attached hydrogens (tertiary/aromatic N) is 1. The van der Waals surface area contributed by atoms with E-state index in [0.29, 0.717) is 34.4 Å². The number of carbonyl (C=O) groups is 4. The van der Waals surface area contributed by atoms with E-state index in [2.05, 4.69) is 26.3 Å². The number of ether oxygens (including phenoxy) is 1. The third-order valence-electron chi connectivity index (χ3n) is 5.60. The molecule has 1 aromatic heterocycles. The minimum Gasteiger partial charge on any atom is -0.495 e. The summed E-state index contributed by atoms with van der Waals surface area (Å²) in [5.74, 6) is -1.18. The molecule has 0 aliphatic rings. The lowest BCUT2D eigenvalue weighted by molar-refractivity contribution is -0.141. The van der Waals surface area contributed by atoms with Crippen molar-refractivity contribution in [1.29, 1.82) is 0 Å². The SMILES string of the molecule is COc1cc(CC(=O)CNCc2nc(CC(NC(C)=O)C(=O)O)cs2)ccc1NC(=O)Nc1ccccc1C. The van der Waals surface area contributed by atoms with Crippen LogP contribution in [-0.2, 0) is 33.8 Å². The molecule has 0 fully saturated rings. The number of carbonyl (C=O) groups excluding carboxylic acids is 3. The maximum atomic E-state index is 12.5. The predicted molar refractivity (Wildman–Crippen MR) is 148 cm³/mol. The fraction of sp³-hybridized carbons (Fsp3) is 0.296. The standard InChI is InChI=1S/C27H31N5O6S/c1-16-6-4-5-7-21(16)31-27(37)32-22-9-8-18(11-24(22)38-3)10-20(34)13-28-14-25-30-19(15-39-25)12-23(26(35)36)29-17(2)33/h4-9,11,15,23,28H,10,12-14H2,1-3H3,(H,29,33)(H,35,36)(H2,31,32,37). The molecule has 12 heteroatoms. The van der Waals surface area contributed by atoms with Crippen molar-refractivity contribution in [2.75, 3.05) is 24.3 Å². The highest BCUT2D eigenvalue weighted by atomic mass is 32.1. The zero-order chi connectivity index (χ0) is 28.4. The van der Waals surface area contributed by atoms with E-state index in [-0.39, 0.29) is 25.2 Å². The van der Waals surface area contributed by atoms with Crippen molar-refractivity contribution in [1.82, 2.24) is 15.6 Å². The van der Waals surface area contributed by atoms with Crippen LogP contribution in [0.4, 0.5) is 16.2 Å². The number of amides is 3. The van der Waals surface area contributed by atoms with Gasteiger partial charge >= 0.3 is 12.0 Å². The van der Waals surface area contributed by atoms with Crippen LogP contribution >= 0.6 is 11.3 Å². The molecule has 3 rings (SSSR count). The van der Waals surface area contributed by atoms with Gasteiger partial charge in [-0.2, -0.15) is 0 Å². The summed E-state index contributed by atoms with van der Waals surface area (Å²) in [6.07, 6.45) is 0.240. The van der Waals surface area contributed by atoms with Crippen molar-refractivity contribution < 1.29 is 29.0 Å². The van der Waals surface area contributed by atoms with E-state index in [1.807, 2.05) is 31.2 Å². The number of urea groups is 1. The third-order valence-corrected chi connectivity index (χ3v) is 6.49. The first-order valence-corrected chi connectivity index (χ1v) is 13.0. The minimum atomic E-state index is -1.13. The van der Waals surface area contributed by atoms with Crippen LogP contribution in [0.25, 0.3) is 0 Å². The zero-order valence-electron chi connectivity index (χ0n) is 21.9. The number of hydrogen-bond donors (Lipinski definition) is 5. The molecule has 1 atom stereocenters. The Morgan fingerprint density at radius 3 is 2.51 bits per heavy atom. The second-order valence-electron chi connectivity index (χ2n) is 8.78. The van der Waals surface area contributed by atoms with Crippen LogP contribution in [0.5, 0.6) is 5.75 Å². The average Bonchev–Trinajstić information content (AvgIpc) is 3.32. The molecule has 11 nitrogen and oxygen atoms in total. The number of benzene rings is 2. The predicted octanol–water partition coefficient (Wildman–Crippen LogP) is 3.14. The van der Waals surface area contributed by atoms with Gasteiger partial charge in [-0.05, 0) is 36.2 Å². The molecule has 206 valence electrons. The third kappa shape index (κ3) is 9.20. The van der Waals surface area contributed by atoms with Crippen molar-refractivity contribution >= 4 is 46.4 Å². The van der Waals surface area contributed by atoms with E-state index in [1.54, 1.807) is 23.6 Å². The smallest absolute Gasteiger partial charge is 0.326 e. The lowest BCUT2D eigenvalue weighted by Gasteiger charge is -2.13. The summed E-state index contributed by atoms with van der Waals surface area (Å²) in [6, 6.07) is 11.1. The maximum Gasteiger partial charge on any atom is 0.326 e. The Morgan fingerprint density at radius 2 is 1.82 bits per heavy atom. The molecule has 5 N–H and O–H groups in total. The number of carboxylic acids is 1. The number of aryl methyl sites for hydroxylation is 1. The molecule has 0 saturated carbocycles. The Morgan fingerprint density at radius 1 is 1.08 bits per heavy atom. The summed E-state index contributed by atoms with van der Waals surface area (Å²) in [7, 11) is 1.49. The van der Waals surface area contributed by atoms with Gasteiger partial charge in [0.05, 0.1) is 25.0 Å². The first-order valence-electron chi connectivity index (χ1n) is 12.1. The summed E-state index contributed by atoms with van der Waals surface area (Å²) in [5, 5.41) is 22.7. The number of methoxy groups -OCH3 is 1. The van der Waals surface area contributed by atoms with Gasteiger partial charge in [-0.1, -0.05) is 24.3 Å². The number of aromatic nitrogens is 1. The summed E-state index contributed by atoms with van der Waals surface area (Å²) in [4.78, 5) is 51.8. The molecule has 0 saturated heterocycles. The molecule has 3 aromatic rings. The van der Waals surface area contributed by atoms with Crippen LogP contribution < -0.4 is 26.0 Å². The monoisotopic (exact) mass is 553 g/mol. The largest absolute Gasteiger partial charge is 0.495 e. The zero-order valence-corrected chi connectivity index (χ0v) is 22.7. The van der Waals surface area contributed by atoms with Crippen LogP contribution in [0.3, 0.4) is 0 Å². The quantitative estimate of drug-likeness (QED) is 0.216. The number of thiazole rings is 1. The number of aliphatic carboxylic acids is 1. The Kier molecular flexibility index (Phi) is 10.5. The molecule has 0 radical (unpaired) electrons. The highest BCUT2D eigenvalue weighted by Crippen LogP contribution is 2.26. The first-order chi connectivity index (χ1) is 18.6. The Balaban J connectivity index is 1.48. The Hall–Kier alpha value is -4.29. The molecule has 1 unspecified atom stereocenters. The van der Waals surface area contributed by atoms with Gasteiger partial charge in [0.2, 0.25) is 5.91 Å². The van der Waals surface area contributed by atoms with Gasteiger partial charge in [-0.3, -0.25) is 9.59 Å². The second-order valence-corrected chi connectivity index (χ2v) is 9.72. The highest BCUT2D eigenvalue weighted by Gasteiger charge is 2.20. The number of nitrogens with one attached hydrogen (secondary N) is 4. The average molecular weight is 554 g/mol. The lowest BCUT2D eigenvalue weighted by atomic mass is 10.1. The molecular formula is C27H31N5O6S. The molecule has 1 heterocycles. The Bertz CT molecular complexity index is 1340. The molecule has 39 heavy (non-hydrogen) atoms. The van der Waals surface area contributed by atoms with Crippen molar-refractivity contribution in [3.63, 3.8) is 0 Å². The van der Waals surface area contributed by atoms with Crippen molar-refractivity contribution in [2.24, 2.45) is 0 Å². The van der Waals surface area contributed by atoms with Gasteiger partial charge in [-0.15, -0.1) is 11.3 Å². The van der Waals surface area contributed by atoms with E-state index in [9.17, 15) is 24.3 Å². The van der Waals surface area contributed by atoms with Crippen LogP contribution in [0.15, 0.2) is 47.8 Å². The van der Waals surface area contributed by atoms with E-state index in [0.717, 1.165) is 11.1 Å². The number of ketones is 1. The fourth-order valence-corrected chi connectivity index (χ4v) is 4.49. The summed E-state index contributed by atoms with van der Waals surface area (Å²) < 4.78 is 5.41. The van der Waals surface area contributed by atoms with Gasteiger partial charge in [0.25, 0.3) is 0 Å². The first kappa shape index (κ1) is 29.3. The van der Waals surface area contributed by atoms with Crippen LogP contribution in [0.2, 0.25) is 0 Å². The molecule has 3 amide bonds. The summed E-state index contributed by atoms with van der Waals surface area (Å²) in [5.41, 5.74) is 3.40. The van der Waals surface area contributed by atoms with Gasteiger partial charge in [0.1, 0.15) is 16.8 Å². The highest BCUT2D eigenvalue weighted by molar-refractivity contribution is 7.09. The minimum absolute atomic E-state index is 0.0524. The molecule has 2 aromatic carbocycles. The number of hydrogen-bond acceptors (Lipinski definition) is 8. The number of rotatable bonds is 13. The number of Topliss-reactive ketones (excluding diaryl/α,β-unsaturated/α-hetero) is 1. The lowest BCUT2D eigenvalue weighted by Crippen LogP contribution is -2.41. The molecule has 0 bridgehead atoms. The topological polar surface area (TPSA) is 159 Å². The molecular weight excluding hydrogens is 522 g/mol. The maximum absolute atomic E-state index is 12.5. The molecule has 0 aliphatic heterocycles. The van der Waals surface area contributed by atoms with Crippen LogP contribution in [-0.4, -0.2) is 53.5 Å². The van der Waals surface area contributed by atoms with Gasteiger partial charge < -0.3 is 31.1 Å². The normalized spacial score (nSPS) is 11.4. The van der Waals surface area contributed by atoms with Crippen molar-refractivity contribution in [3.05, 3.63) is 69.7 Å². The molecule has 0 spiro atoms. The molecule has 0 aliphatic carbocycles. The number of anilines is 2. The van der Waals surface area contributed by atoms with Crippen molar-refractivity contribution in [3.8, 4) is 5.75 Å².